The molecule has 0 N–H and O–H groups in total. The van der Waals surface area contributed by atoms with E-state index < -0.39 is 0 Å². The summed E-state index contributed by atoms with van der Waals surface area (Å²) >= 11 is 0. The van der Waals surface area contributed by atoms with Crippen LogP contribution in [0.1, 0.15) is 12.0 Å². The lowest BCUT2D eigenvalue weighted by Gasteiger charge is -1.93. The summed E-state index contributed by atoms with van der Waals surface area (Å²) < 4.78 is 0. The van der Waals surface area contributed by atoms with Gasteiger partial charge in [-0.25, -0.2) is 0 Å². The minimum Gasteiger partial charge on any atom is -0.264 e. The van der Waals surface area contributed by atoms with E-state index in [0.29, 0.717) is 0 Å². The molecule has 1 nitrogen and oxygen atoms in total. The normalized spacial score (nSPS) is 8.36. The van der Waals surface area contributed by atoms with E-state index in [9.17, 15) is 0 Å². The fourth-order valence-corrected chi connectivity index (χ4v) is 0.815. The van der Waals surface area contributed by atoms with Gasteiger partial charge >= 0.3 is 0 Å². The zero-order chi connectivity index (χ0) is 7.23. The van der Waals surface area contributed by atoms with Gasteiger partial charge in [-0.1, -0.05) is 12.1 Å². The van der Waals surface area contributed by atoms with E-state index >= 15 is 0 Å². The maximum absolute atomic E-state index is 4.00. The molecule has 0 aliphatic rings. The monoisotopic (exact) mass is 169 g/mol. The number of aryl methyl sites for hydroxylation is 1. The average Bonchev–Trinajstić information content (AvgIpc) is 2.03. The Bertz CT molecular complexity index is 196. The van der Waals surface area contributed by atoms with Crippen molar-refractivity contribution in [1.82, 2.24) is 4.98 Å². The SMILES string of the molecule is C=CCCc1cccnc1.Cl. The molecule has 0 fully saturated rings. The minimum atomic E-state index is 0. The van der Waals surface area contributed by atoms with Crippen molar-refractivity contribution in [1.29, 1.82) is 0 Å². The molecule has 60 valence electrons. The molecule has 0 aromatic carbocycles. The highest BCUT2D eigenvalue weighted by Gasteiger charge is 1.86. The van der Waals surface area contributed by atoms with Crippen molar-refractivity contribution < 1.29 is 0 Å². The zero-order valence-electron chi connectivity index (χ0n) is 6.36. The van der Waals surface area contributed by atoms with E-state index in [1.165, 1.54) is 5.56 Å². The van der Waals surface area contributed by atoms with Gasteiger partial charge in [0, 0.05) is 12.4 Å². The van der Waals surface area contributed by atoms with Gasteiger partial charge in [-0.15, -0.1) is 19.0 Å². The van der Waals surface area contributed by atoms with Crippen LogP contribution in [0, 0.1) is 0 Å². The van der Waals surface area contributed by atoms with Crippen LogP contribution in [0.15, 0.2) is 37.2 Å². The van der Waals surface area contributed by atoms with Crippen LogP contribution in [0.2, 0.25) is 0 Å². The van der Waals surface area contributed by atoms with Crippen molar-refractivity contribution in [2.45, 2.75) is 12.8 Å². The number of pyridine rings is 1. The van der Waals surface area contributed by atoms with Gasteiger partial charge in [0.25, 0.3) is 0 Å². The molecule has 0 unspecified atom stereocenters. The van der Waals surface area contributed by atoms with E-state index in [1.807, 2.05) is 18.3 Å². The molecule has 1 aromatic heterocycles. The predicted molar refractivity (Wildman–Crippen MR) is 50.0 cm³/mol. The Morgan fingerprint density at radius 2 is 2.36 bits per heavy atom. The molecule has 0 aliphatic carbocycles. The molecule has 0 bridgehead atoms. The smallest absolute Gasteiger partial charge is 0.0299 e. The summed E-state index contributed by atoms with van der Waals surface area (Å²) in [6, 6.07) is 4.04. The van der Waals surface area contributed by atoms with E-state index in [4.69, 9.17) is 0 Å². The van der Waals surface area contributed by atoms with E-state index in [2.05, 4.69) is 17.6 Å². The Hall–Kier alpha value is -0.820. The quantitative estimate of drug-likeness (QED) is 0.634. The van der Waals surface area contributed by atoms with Crippen LogP contribution < -0.4 is 0 Å². The van der Waals surface area contributed by atoms with E-state index in [0.717, 1.165) is 12.8 Å². The molecule has 0 radical (unpaired) electrons. The lowest BCUT2D eigenvalue weighted by Crippen LogP contribution is -1.82. The van der Waals surface area contributed by atoms with Crippen molar-refractivity contribution in [3.63, 3.8) is 0 Å². The highest BCUT2D eigenvalue weighted by atomic mass is 35.5. The van der Waals surface area contributed by atoms with Gasteiger partial charge in [0.05, 0.1) is 0 Å². The molecular weight excluding hydrogens is 158 g/mol. The number of hydrogen-bond acceptors (Lipinski definition) is 1. The average molecular weight is 170 g/mol. The molecule has 0 saturated carbocycles. The number of halogens is 1. The van der Waals surface area contributed by atoms with Gasteiger partial charge in [-0.2, -0.15) is 0 Å². The van der Waals surface area contributed by atoms with Gasteiger partial charge in [0.15, 0.2) is 0 Å². The van der Waals surface area contributed by atoms with Gasteiger partial charge in [0.2, 0.25) is 0 Å². The van der Waals surface area contributed by atoms with E-state index in [-0.39, 0.29) is 12.4 Å². The Kier molecular flexibility index (Phi) is 5.49. The number of rotatable bonds is 3. The summed E-state index contributed by atoms with van der Waals surface area (Å²) in [4.78, 5) is 4.00. The third-order valence-corrected chi connectivity index (χ3v) is 1.36. The Morgan fingerprint density at radius 3 is 2.91 bits per heavy atom. The van der Waals surface area contributed by atoms with Gasteiger partial charge in [0.1, 0.15) is 0 Å². The Balaban J connectivity index is 0.000001000. The highest BCUT2D eigenvalue weighted by Crippen LogP contribution is 1.99. The first-order valence-corrected chi connectivity index (χ1v) is 3.43. The van der Waals surface area contributed by atoms with E-state index in [1.54, 1.807) is 6.20 Å². The van der Waals surface area contributed by atoms with Crippen LogP contribution in [0.5, 0.6) is 0 Å². The second-order valence-corrected chi connectivity index (χ2v) is 2.19. The second kappa shape index (κ2) is 5.93. The van der Waals surface area contributed by atoms with Crippen LogP contribution in [0.25, 0.3) is 0 Å². The van der Waals surface area contributed by atoms with Gasteiger partial charge < -0.3 is 0 Å². The number of nitrogens with zero attached hydrogens (tertiary/aromatic N) is 1. The molecule has 0 atom stereocenters. The molecule has 0 spiro atoms. The van der Waals surface area contributed by atoms with Crippen molar-refractivity contribution in [2.75, 3.05) is 0 Å². The van der Waals surface area contributed by atoms with Crippen LogP contribution in [0.4, 0.5) is 0 Å². The molecule has 1 heterocycles. The van der Waals surface area contributed by atoms with Crippen molar-refractivity contribution in [3.05, 3.63) is 42.7 Å². The highest BCUT2D eigenvalue weighted by molar-refractivity contribution is 5.85. The topological polar surface area (TPSA) is 12.9 Å². The lowest BCUT2D eigenvalue weighted by molar-refractivity contribution is 0.990. The largest absolute Gasteiger partial charge is 0.264 e. The first kappa shape index (κ1) is 10.2. The summed E-state index contributed by atoms with van der Waals surface area (Å²) in [5.74, 6) is 0. The molecule has 2 heteroatoms. The fraction of sp³-hybridized carbons (Fsp3) is 0.222. The third-order valence-electron chi connectivity index (χ3n) is 1.36. The summed E-state index contributed by atoms with van der Waals surface area (Å²) in [7, 11) is 0. The molecular formula is C9H12ClN. The first-order chi connectivity index (χ1) is 4.93. The lowest BCUT2D eigenvalue weighted by atomic mass is 10.2. The van der Waals surface area contributed by atoms with Crippen LogP contribution >= 0.6 is 12.4 Å². The first-order valence-electron chi connectivity index (χ1n) is 3.43. The molecule has 11 heavy (non-hydrogen) atoms. The Labute approximate surface area is 73.6 Å². The van der Waals surface area contributed by atoms with Crippen molar-refractivity contribution in [2.24, 2.45) is 0 Å². The molecule has 0 saturated heterocycles. The van der Waals surface area contributed by atoms with Crippen LogP contribution in [-0.2, 0) is 6.42 Å². The summed E-state index contributed by atoms with van der Waals surface area (Å²) in [5, 5.41) is 0. The number of allylic oxidation sites excluding steroid dienone is 1. The zero-order valence-corrected chi connectivity index (χ0v) is 7.18. The summed E-state index contributed by atoms with van der Waals surface area (Å²) in [5.41, 5.74) is 1.28. The number of hydrogen-bond donors (Lipinski definition) is 0. The standard InChI is InChI=1S/C9H11N.ClH/c1-2-3-5-9-6-4-7-10-8-9;/h2,4,6-8H,1,3,5H2;1H. The fourth-order valence-electron chi connectivity index (χ4n) is 0.815. The molecule has 0 amide bonds. The van der Waals surface area contributed by atoms with Crippen molar-refractivity contribution in [3.8, 4) is 0 Å². The molecule has 1 rings (SSSR count). The Morgan fingerprint density at radius 1 is 1.55 bits per heavy atom. The van der Waals surface area contributed by atoms with Crippen LogP contribution in [-0.4, -0.2) is 4.98 Å². The second-order valence-electron chi connectivity index (χ2n) is 2.19. The summed E-state index contributed by atoms with van der Waals surface area (Å²) in [6.45, 7) is 3.66. The number of aromatic nitrogens is 1. The predicted octanol–water partition coefficient (Wildman–Crippen LogP) is 2.62. The maximum Gasteiger partial charge on any atom is 0.0299 e. The minimum absolute atomic E-state index is 0. The summed E-state index contributed by atoms with van der Waals surface area (Å²) in [6.07, 6.45) is 7.69. The maximum atomic E-state index is 4.00. The molecule has 0 aliphatic heterocycles. The third kappa shape index (κ3) is 3.79. The van der Waals surface area contributed by atoms with Gasteiger partial charge in [-0.05, 0) is 24.5 Å². The van der Waals surface area contributed by atoms with Gasteiger partial charge in [-0.3, -0.25) is 4.98 Å². The molecule has 1 aromatic rings. The van der Waals surface area contributed by atoms with Crippen molar-refractivity contribution >= 4 is 12.4 Å². The van der Waals surface area contributed by atoms with Crippen LogP contribution in [0.3, 0.4) is 0 Å².